The zero-order chi connectivity index (χ0) is 21.6. The minimum atomic E-state index is -0.686. The van der Waals surface area contributed by atoms with Gasteiger partial charge in [-0.25, -0.2) is 9.78 Å². The third-order valence-corrected chi connectivity index (χ3v) is 5.07. The van der Waals surface area contributed by atoms with Crippen LogP contribution in [0.2, 0.25) is 0 Å². The molecule has 1 aliphatic rings. The molecule has 31 heavy (non-hydrogen) atoms. The van der Waals surface area contributed by atoms with E-state index in [1.54, 1.807) is 18.2 Å². The maximum Gasteiger partial charge on any atom is 0.324 e. The second kappa shape index (κ2) is 9.21. The first-order chi connectivity index (χ1) is 15.1. The standard InChI is InChI=1S/C22H22N6O3/c29-19(25-17-8-4-7-16(13-17)20-23-14-24-27-20)10-9-18-21(30)28(22(31)26-18)12-11-15-5-2-1-3-6-15/h1-8,13-14,18H,9-12H2,(H,25,29)(H,26,31)(H,23,24,27)/t18-/m0/s1. The van der Waals surface area contributed by atoms with Crippen LogP contribution in [0.5, 0.6) is 0 Å². The third kappa shape index (κ3) is 4.95. The van der Waals surface area contributed by atoms with Crippen molar-refractivity contribution in [3.8, 4) is 11.4 Å². The van der Waals surface area contributed by atoms with Gasteiger partial charge in [-0.2, -0.15) is 5.10 Å². The van der Waals surface area contributed by atoms with Crippen LogP contribution in [0, 0.1) is 0 Å². The maximum atomic E-state index is 12.6. The number of hydrogen-bond acceptors (Lipinski definition) is 5. The summed E-state index contributed by atoms with van der Waals surface area (Å²) < 4.78 is 0. The van der Waals surface area contributed by atoms with E-state index >= 15 is 0 Å². The van der Waals surface area contributed by atoms with Gasteiger partial charge in [0.1, 0.15) is 12.4 Å². The molecule has 1 atom stereocenters. The van der Waals surface area contributed by atoms with E-state index in [1.807, 2.05) is 36.4 Å². The summed E-state index contributed by atoms with van der Waals surface area (Å²) in [4.78, 5) is 42.4. The predicted octanol–water partition coefficient (Wildman–Crippen LogP) is 2.35. The minimum Gasteiger partial charge on any atom is -0.326 e. The highest BCUT2D eigenvalue weighted by molar-refractivity contribution is 6.04. The molecule has 0 radical (unpaired) electrons. The molecule has 158 valence electrons. The summed E-state index contributed by atoms with van der Waals surface area (Å²) in [6.45, 7) is 0.311. The second-order valence-electron chi connectivity index (χ2n) is 7.23. The number of carbonyl (C=O) groups is 3. The number of nitrogens with one attached hydrogen (secondary N) is 3. The zero-order valence-electron chi connectivity index (χ0n) is 16.7. The number of rotatable bonds is 8. The number of H-pyrrole nitrogens is 1. The Morgan fingerprint density at radius 3 is 2.71 bits per heavy atom. The van der Waals surface area contributed by atoms with Crippen molar-refractivity contribution in [1.82, 2.24) is 25.4 Å². The predicted molar refractivity (Wildman–Crippen MR) is 114 cm³/mol. The summed E-state index contributed by atoms with van der Waals surface area (Å²) in [6.07, 6.45) is 2.35. The molecule has 0 unspecified atom stereocenters. The first-order valence-corrected chi connectivity index (χ1v) is 10.0. The van der Waals surface area contributed by atoms with Gasteiger partial charge in [0.05, 0.1) is 0 Å². The van der Waals surface area contributed by atoms with E-state index in [-0.39, 0.29) is 24.7 Å². The largest absolute Gasteiger partial charge is 0.326 e. The van der Waals surface area contributed by atoms with Crippen molar-refractivity contribution < 1.29 is 14.4 Å². The molecule has 1 fully saturated rings. The summed E-state index contributed by atoms with van der Waals surface area (Å²) in [7, 11) is 0. The van der Waals surface area contributed by atoms with Gasteiger partial charge < -0.3 is 10.6 Å². The number of urea groups is 1. The lowest BCUT2D eigenvalue weighted by molar-refractivity contribution is -0.127. The first-order valence-electron chi connectivity index (χ1n) is 10.0. The molecule has 9 heteroatoms. The SMILES string of the molecule is O=C(CC[C@@H]1NC(=O)N(CCc2ccccc2)C1=O)Nc1cccc(-c2ncn[nH]2)c1. The van der Waals surface area contributed by atoms with Crippen LogP contribution >= 0.6 is 0 Å². The Kier molecular flexibility index (Phi) is 6.02. The Hall–Kier alpha value is -4.01. The first kappa shape index (κ1) is 20.3. The molecule has 1 aromatic heterocycles. The van der Waals surface area contributed by atoms with Gasteiger partial charge in [-0.05, 0) is 30.5 Å². The summed E-state index contributed by atoms with van der Waals surface area (Å²) in [5.74, 6) is 0.0755. The summed E-state index contributed by atoms with van der Waals surface area (Å²) >= 11 is 0. The van der Waals surface area contributed by atoms with Crippen LogP contribution < -0.4 is 10.6 Å². The van der Waals surface area contributed by atoms with Crippen LogP contribution in [-0.2, 0) is 16.0 Å². The van der Waals surface area contributed by atoms with Crippen molar-refractivity contribution in [1.29, 1.82) is 0 Å². The fourth-order valence-corrected chi connectivity index (χ4v) is 3.46. The Balaban J connectivity index is 1.28. The number of anilines is 1. The highest BCUT2D eigenvalue weighted by Gasteiger charge is 2.37. The molecule has 3 N–H and O–H groups in total. The van der Waals surface area contributed by atoms with Gasteiger partial charge in [0.2, 0.25) is 5.91 Å². The van der Waals surface area contributed by atoms with E-state index in [0.29, 0.717) is 24.5 Å². The van der Waals surface area contributed by atoms with Gasteiger partial charge in [-0.3, -0.25) is 19.6 Å². The molecule has 3 aromatic rings. The molecule has 1 aliphatic heterocycles. The highest BCUT2D eigenvalue weighted by Crippen LogP contribution is 2.19. The second-order valence-corrected chi connectivity index (χ2v) is 7.23. The van der Waals surface area contributed by atoms with Crippen LogP contribution in [0.1, 0.15) is 18.4 Å². The van der Waals surface area contributed by atoms with Gasteiger partial charge in [0, 0.05) is 24.2 Å². The van der Waals surface area contributed by atoms with E-state index in [0.717, 1.165) is 11.1 Å². The van der Waals surface area contributed by atoms with Crippen LogP contribution in [0.15, 0.2) is 60.9 Å². The molecule has 4 amide bonds. The van der Waals surface area contributed by atoms with Crippen molar-refractivity contribution in [2.45, 2.75) is 25.3 Å². The van der Waals surface area contributed by atoms with Gasteiger partial charge in [-0.15, -0.1) is 0 Å². The number of aromatic amines is 1. The Morgan fingerprint density at radius 2 is 1.94 bits per heavy atom. The topological polar surface area (TPSA) is 120 Å². The molecule has 0 bridgehead atoms. The monoisotopic (exact) mass is 418 g/mol. The number of nitrogens with zero attached hydrogens (tertiary/aromatic N) is 3. The van der Waals surface area contributed by atoms with Crippen LogP contribution in [0.25, 0.3) is 11.4 Å². The molecular formula is C22H22N6O3. The zero-order valence-corrected chi connectivity index (χ0v) is 16.7. The van der Waals surface area contributed by atoms with Crippen LogP contribution in [-0.4, -0.2) is 50.5 Å². The van der Waals surface area contributed by atoms with Gasteiger partial charge in [0.25, 0.3) is 5.91 Å². The number of aromatic nitrogens is 3. The number of hydrogen-bond donors (Lipinski definition) is 3. The van der Waals surface area contributed by atoms with Crippen molar-refractivity contribution >= 4 is 23.5 Å². The molecule has 0 spiro atoms. The van der Waals surface area contributed by atoms with Crippen molar-refractivity contribution in [3.63, 3.8) is 0 Å². The van der Waals surface area contributed by atoms with E-state index in [4.69, 9.17) is 0 Å². The third-order valence-electron chi connectivity index (χ3n) is 5.07. The Labute approximate surface area is 178 Å². The number of benzene rings is 2. The fraction of sp³-hybridized carbons (Fsp3) is 0.227. The van der Waals surface area contributed by atoms with Crippen LogP contribution in [0.4, 0.5) is 10.5 Å². The number of carbonyl (C=O) groups excluding carboxylic acids is 3. The lowest BCUT2D eigenvalue weighted by Crippen LogP contribution is -2.33. The maximum absolute atomic E-state index is 12.6. The normalized spacial score (nSPS) is 15.7. The molecular weight excluding hydrogens is 396 g/mol. The molecule has 4 rings (SSSR count). The van der Waals surface area contributed by atoms with Crippen molar-refractivity contribution in [2.24, 2.45) is 0 Å². The minimum absolute atomic E-state index is 0.107. The average molecular weight is 418 g/mol. The van der Waals surface area contributed by atoms with Gasteiger partial charge in [-0.1, -0.05) is 42.5 Å². The Bertz CT molecular complexity index is 1070. The van der Waals surface area contributed by atoms with Gasteiger partial charge in [0.15, 0.2) is 5.82 Å². The van der Waals surface area contributed by atoms with Crippen LogP contribution in [0.3, 0.4) is 0 Å². The lowest BCUT2D eigenvalue weighted by Gasteiger charge is -2.13. The summed E-state index contributed by atoms with van der Waals surface area (Å²) in [5.41, 5.74) is 2.46. The quantitative estimate of drug-likeness (QED) is 0.485. The number of amides is 4. The molecule has 0 aliphatic carbocycles. The fourth-order valence-electron chi connectivity index (χ4n) is 3.46. The smallest absolute Gasteiger partial charge is 0.324 e. The van der Waals surface area contributed by atoms with E-state index < -0.39 is 12.1 Å². The van der Waals surface area contributed by atoms with Crippen molar-refractivity contribution in [2.75, 3.05) is 11.9 Å². The molecule has 2 heterocycles. The van der Waals surface area contributed by atoms with Gasteiger partial charge >= 0.3 is 6.03 Å². The molecule has 2 aromatic carbocycles. The number of imide groups is 1. The molecule has 1 saturated heterocycles. The average Bonchev–Trinajstić information content (AvgIpc) is 3.41. The molecule has 9 nitrogen and oxygen atoms in total. The highest BCUT2D eigenvalue weighted by atomic mass is 16.2. The van der Waals surface area contributed by atoms with E-state index in [9.17, 15) is 14.4 Å². The van der Waals surface area contributed by atoms with E-state index in [2.05, 4.69) is 25.8 Å². The van der Waals surface area contributed by atoms with Crippen molar-refractivity contribution in [3.05, 3.63) is 66.5 Å². The Morgan fingerprint density at radius 1 is 1.10 bits per heavy atom. The summed E-state index contributed by atoms with van der Waals surface area (Å²) in [6, 6.07) is 15.8. The lowest BCUT2D eigenvalue weighted by atomic mass is 10.1. The van der Waals surface area contributed by atoms with E-state index in [1.165, 1.54) is 11.2 Å². The summed E-state index contributed by atoms with van der Waals surface area (Å²) in [5, 5.41) is 12.1. The molecule has 0 saturated carbocycles.